The summed E-state index contributed by atoms with van der Waals surface area (Å²) in [6, 6.07) is 34.5. The fourth-order valence-electron chi connectivity index (χ4n) is 7.86. The lowest BCUT2D eigenvalue weighted by atomic mass is 9.80. The van der Waals surface area contributed by atoms with Gasteiger partial charge in [0.2, 0.25) is 11.9 Å². The van der Waals surface area contributed by atoms with E-state index in [1.54, 1.807) is 27.6 Å². The molecule has 2 unspecified atom stereocenters. The van der Waals surface area contributed by atoms with Gasteiger partial charge in [0.05, 0.1) is 21.8 Å². The van der Waals surface area contributed by atoms with Gasteiger partial charge < -0.3 is 29.7 Å². The number of hydrogen-bond donors (Lipinski definition) is 4. The topological polar surface area (TPSA) is 135 Å². The molecule has 2 saturated heterocycles. The summed E-state index contributed by atoms with van der Waals surface area (Å²) in [5, 5.41) is 45.0. The van der Waals surface area contributed by atoms with Crippen LogP contribution in [0.15, 0.2) is 115 Å². The van der Waals surface area contributed by atoms with Crippen LogP contribution in [0.4, 0.5) is 8.78 Å². The first-order valence-corrected chi connectivity index (χ1v) is 21.5. The third-order valence-corrected chi connectivity index (χ3v) is 11.0. The molecule has 0 bridgehead atoms. The summed E-state index contributed by atoms with van der Waals surface area (Å²) < 4.78 is 44.0. The summed E-state index contributed by atoms with van der Waals surface area (Å²) in [6.45, 7) is 5.51. The van der Waals surface area contributed by atoms with Crippen molar-refractivity contribution in [2.45, 2.75) is 77.7 Å². The zero-order chi connectivity index (χ0) is 44.3. The molecule has 2 aromatic heterocycles. The Kier molecular flexibility index (Phi) is 15.0. The van der Waals surface area contributed by atoms with Crippen molar-refractivity contribution in [3.63, 3.8) is 0 Å². The second-order valence-corrected chi connectivity index (χ2v) is 15.3. The Labute approximate surface area is 366 Å². The third kappa shape index (κ3) is 10.8. The van der Waals surface area contributed by atoms with Gasteiger partial charge >= 0.3 is 7.12 Å². The fraction of sp³-hybridized carbons (Fsp3) is 0.280. The van der Waals surface area contributed by atoms with Gasteiger partial charge in [-0.2, -0.15) is 8.78 Å². The number of fused-ring (bicyclic) bond motifs is 2. The van der Waals surface area contributed by atoms with E-state index in [0.29, 0.717) is 29.4 Å². The Hall–Kier alpha value is -6.30. The highest BCUT2D eigenvalue weighted by molar-refractivity contribution is 6.58. The first-order chi connectivity index (χ1) is 30.6. The van der Waals surface area contributed by atoms with Gasteiger partial charge in [-0.15, -0.1) is 10.2 Å². The van der Waals surface area contributed by atoms with Crippen molar-refractivity contribution in [2.75, 3.05) is 13.2 Å². The molecule has 324 valence electrons. The Bertz CT molecular complexity index is 2700. The number of phenols is 2. The molecule has 0 spiro atoms. The molecule has 9 rings (SSSR count). The fourth-order valence-corrected chi connectivity index (χ4v) is 7.86. The quantitative estimate of drug-likeness (QED) is 0.0708. The third-order valence-electron chi connectivity index (χ3n) is 11.0. The molecule has 2 aliphatic heterocycles. The zero-order valence-corrected chi connectivity index (χ0v) is 35.4. The second kappa shape index (κ2) is 21.2. The molecule has 2 aliphatic rings. The van der Waals surface area contributed by atoms with Gasteiger partial charge in [0.25, 0.3) is 0 Å². The number of ether oxygens (including phenoxy) is 2. The van der Waals surface area contributed by atoms with Crippen molar-refractivity contribution in [3.05, 3.63) is 149 Å². The van der Waals surface area contributed by atoms with Gasteiger partial charge in [0.15, 0.2) is 12.5 Å². The van der Waals surface area contributed by atoms with Gasteiger partial charge in [-0.3, -0.25) is 0 Å². The average Bonchev–Trinajstić information content (AvgIpc) is 3.84. The van der Waals surface area contributed by atoms with Crippen LogP contribution in [0.2, 0.25) is 0 Å². The highest BCUT2D eigenvalue weighted by Crippen LogP contribution is 2.37. The number of rotatable bonds is 7. The van der Waals surface area contributed by atoms with Crippen molar-refractivity contribution in [1.29, 1.82) is 0 Å². The number of aromatic hydroxyl groups is 2. The van der Waals surface area contributed by atoms with Gasteiger partial charge in [-0.1, -0.05) is 86.4 Å². The number of aromatic nitrogens is 4. The van der Waals surface area contributed by atoms with Crippen LogP contribution in [0.25, 0.3) is 33.0 Å². The molecule has 63 heavy (non-hydrogen) atoms. The number of hydrogen-bond acceptors (Lipinski definition) is 8. The highest BCUT2D eigenvalue weighted by atomic mass is 19.1. The summed E-state index contributed by atoms with van der Waals surface area (Å²) in [4.78, 5) is 0. The summed E-state index contributed by atoms with van der Waals surface area (Å²) in [5.41, 5.74) is 7.89. The minimum atomic E-state index is -1.46. The van der Waals surface area contributed by atoms with E-state index in [4.69, 9.17) is 24.6 Å². The molecule has 0 amide bonds. The van der Waals surface area contributed by atoms with E-state index in [1.165, 1.54) is 24.3 Å². The average molecular weight is 853 g/mol. The van der Waals surface area contributed by atoms with E-state index >= 15 is 4.39 Å². The van der Waals surface area contributed by atoms with Crippen LogP contribution < -0.4 is 5.46 Å². The van der Waals surface area contributed by atoms with E-state index < -0.39 is 19.0 Å². The monoisotopic (exact) mass is 852 g/mol. The molecule has 2 fully saturated rings. The zero-order valence-electron chi connectivity index (χ0n) is 35.4. The number of nitrogens with zero attached hydrogens (tertiary/aromatic N) is 4. The normalized spacial score (nSPS) is 16.5. The lowest BCUT2D eigenvalue weighted by Gasteiger charge is -2.23. The number of phenolic OH excluding ortho intramolecular Hbond substituents is 2. The largest absolute Gasteiger partial charge is 0.508 e. The maximum Gasteiger partial charge on any atom is 0.488 e. The predicted octanol–water partition coefficient (Wildman–Crippen LogP) is 9.66. The molecule has 4 heterocycles. The van der Waals surface area contributed by atoms with Crippen LogP contribution in [0.3, 0.4) is 0 Å². The predicted molar refractivity (Wildman–Crippen MR) is 243 cm³/mol. The van der Waals surface area contributed by atoms with Crippen molar-refractivity contribution < 1.29 is 38.5 Å². The summed E-state index contributed by atoms with van der Waals surface area (Å²) >= 11 is 0. The van der Waals surface area contributed by atoms with Gasteiger partial charge in [0.1, 0.15) is 11.5 Å². The first kappa shape index (κ1) is 44.8. The van der Waals surface area contributed by atoms with Crippen LogP contribution in [0, 0.1) is 23.7 Å². The molecule has 4 N–H and O–H groups in total. The summed E-state index contributed by atoms with van der Waals surface area (Å²) in [7, 11) is -1.46. The van der Waals surface area contributed by atoms with Crippen LogP contribution in [0.5, 0.6) is 11.5 Å². The molecule has 0 saturated carbocycles. The molecule has 7 aromatic rings. The van der Waals surface area contributed by atoms with Crippen molar-refractivity contribution >= 4 is 45.5 Å². The molecule has 10 nitrogen and oxygen atoms in total. The van der Waals surface area contributed by atoms with E-state index in [9.17, 15) is 9.50 Å². The number of allylic oxidation sites excluding steroid dienone is 1. The summed E-state index contributed by atoms with van der Waals surface area (Å²) in [6.07, 6.45) is 7.17. The van der Waals surface area contributed by atoms with E-state index in [1.807, 2.05) is 67.6 Å². The maximum atomic E-state index is 15.0. The molecule has 5 aromatic carbocycles. The lowest BCUT2D eigenvalue weighted by Crippen LogP contribution is -2.29. The van der Waals surface area contributed by atoms with Crippen LogP contribution in [-0.4, -0.2) is 60.2 Å². The molecule has 0 radical (unpaired) electrons. The maximum absolute atomic E-state index is 15.0. The number of benzene rings is 5. The highest BCUT2D eigenvalue weighted by Gasteiger charge is 2.24. The molecule has 13 heteroatoms. The van der Waals surface area contributed by atoms with Crippen LogP contribution in [0.1, 0.15) is 99.9 Å². The lowest BCUT2D eigenvalue weighted by molar-refractivity contribution is -0.0376. The smallest absolute Gasteiger partial charge is 0.488 e. The molecule has 0 aliphatic carbocycles. The van der Waals surface area contributed by atoms with Crippen molar-refractivity contribution in [1.82, 2.24) is 19.6 Å². The van der Waals surface area contributed by atoms with Crippen LogP contribution >= 0.6 is 0 Å². The molecular weight excluding hydrogens is 801 g/mol. The molecular formula is C50H51BF2N4O6. The van der Waals surface area contributed by atoms with Crippen LogP contribution in [-0.2, 0) is 9.47 Å². The standard InChI is InChI=1S/C28H27FN2O2.C16H17FN2O.C6H7BO3/c1-2-23(19-8-4-3-5-9-19)27(20-11-14-22(32)15-12-20)21-13-16-25-24(18-21)28(29)30-31(25)26-10-6-7-17-33-26;1-2-3-6-12-8-9-14-13(11-12)16(17)18-19(14)15-7-4-5-10-20-15;8-6-3-1-5(2-4-6)7(9)10/h3-5,8-9,11-16,18,26,32H,2,6-7,10,17H2,1H3;8-9,11,15H,2,4-5,7,10H2,1H3;1-4,8-10H/b27-23+;;. The van der Waals surface area contributed by atoms with Gasteiger partial charge in [-0.25, -0.2) is 9.36 Å². The Morgan fingerprint density at radius 3 is 1.73 bits per heavy atom. The Morgan fingerprint density at radius 1 is 0.667 bits per heavy atom. The second-order valence-electron chi connectivity index (χ2n) is 15.3. The van der Waals surface area contributed by atoms with Gasteiger partial charge in [0, 0.05) is 25.2 Å². The first-order valence-electron chi connectivity index (χ1n) is 21.5. The minimum absolute atomic E-state index is 0.115. The van der Waals surface area contributed by atoms with E-state index in [-0.39, 0.29) is 24.0 Å². The number of halogens is 2. The Morgan fingerprint density at radius 2 is 1.21 bits per heavy atom. The van der Waals surface area contributed by atoms with E-state index in [2.05, 4.69) is 41.1 Å². The van der Waals surface area contributed by atoms with E-state index in [0.717, 1.165) is 95.8 Å². The Balaban J connectivity index is 0.000000167. The molecule has 2 atom stereocenters. The minimum Gasteiger partial charge on any atom is -0.508 e. The van der Waals surface area contributed by atoms with Gasteiger partial charge in [-0.05, 0) is 133 Å². The summed E-state index contributed by atoms with van der Waals surface area (Å²) in [5.74, 6) is 5.41. The van der Waals surface area contributed by atoms with Crippen molar-refractivity contribution in [2.24, 2.45) is 0 Å². The SMILES string of the molecule is CC/C(=C(/c1ccc(O)cc1)c1ccc2c(c1)c(F)nn2C1CCCCO1)c1ccccc1.CCC#Cc1ccc2c(c1)c(F)nn2C1CCCCO1.OB(O)c1ccc(O)cc1. The van der Waals surface area contributed by atoms with Crippen molar-refractivity contribution in [3.8, 4) is 23.3 Å².